The third kappa shape index (κ3) is 21.1. The molecule has 2 aromatic rings. The Morgan fingerprint density at radius 2 is 0.933 bits per heavy atom. The number of benzene rings is 2. The Morgan fingerprint density at radius 1 is 0.700 bits per heavy atom. The monoisotopic (exact) mass is 420 g/mol. The lowest BCUT2D eigenvalue weighted by molar-refractivity contribution is -0.135. The zero-order chi connectivity index (χ0) is 23.6. The molecular formula is C22H32N2O6. The minimum atomic E-state index is -0.833. The van der Waals surface area contributed by atoms with Crippen molar-refractivity contribution in [3.8, 4) is 0 Å². The molecule has 0 amide bonds. The normalized spacial score (nSPS) is 9.37. The second-order valence-electron chi connectivity index (χ2n) is 6.45. The largest absolute Gasteiger partial charge is 0.481 e. The van der Waals surface area contributed by atoms with E-state index in [9.17, 15) is 0 Å². The molecule has 0 aliphatic rings. The average molecular weight is 421 g/mol. The van der Waals surface area contributed by atoms with Crippen LogP contribution in [0.1, 0.15) is 31.9 Å². The summed E-state index contributed by atoms with van der Waals surface area (Å²) in [4.78, 5) is 27.0. The standard InChI is InChI=1S/C16H20N2.3C2H4O2/c17-13-16(18,11-14-7-3-1-4-8-14)12-15-9-5-2-6-10-15;3*1-2(3)4/h1-10H,11-13,17-18H2;3*1H3,(H,3,4). The summed E-state index contributed by atoms with van der Waals surface area (Å²) in [5, 5.41) is 22.2. The van der Waals surface area contributed by atoms with Crippen LogP contribution in [0.4, 0.5) is 0 Å². The van der Waals surface area contributed by atoms with E-state index in [1.807, 2.05) is 36.4 Å². The molecule has 8 heteroatoms. The van der Waals surface area contributed by atoms with Gasteiger partial charge in [0.15, 0.2) is 0 Å². The van der Waals surface area contributed by atoms with E-state index in [4.69, 9.17) is 41.2 Å². The minimum Gasteiger partial charge on any atom is -0.481 e. The predicted octanol–water partition coefficient (Wildman–Crippen LogP) is 2.40. The molecule has 0 radical (unpaired) electrons. The first-order valence-corrected chi connectivity index (χ1v) is 9.07. The maximum atomic E-state index is 9.00. The van der Waals surface area contributed by atoms with E-state index in [2.05, 4.69) is 24.3 Å². The summed E-state index contributed by atoms with van der Waals surface area (Å²) in [6.07, 6.45) is 1.61. The van der Waals surface area contributed by atoms with Gasteiger partial charge in [0.2, 0.25) is 0 Å². The van der Waals surface area contributed by atoms with Crippen molar-refractivity contribution >= 4 is 17.9 Å². The van der Waals surface area contributed by atoms with Crippen molar-refractivity contribution in [3.05, 3.63) is 71.8 Å². The van der Waals surface area contributed by atoms with Gasteiger partial charge < -0.3 is 26.8 Å². The maximum Gasteiger partial charge on any atom is 0.300 e. The fourth-order valence-corrected chi connectivity index (χ4v) is 2.21. The molecule has 0 aromatic heterocycles. The van der Waals surface area contributed by atoms with Gasteiger partial charge in [0, 0.05) is 32.9 Å². The summed E-state index contributed by atoms with van der Waals surface area (Å²) >= 11 is 0. The first-order chi connectivity index (χ1) is 13.9. The molecular weight excluding hydrogens is 388 g/mol. The Bertz CT molecular complexity index is 654. The molecule has 2 aromatic carbocycles. The van der Waals surface area contributed by atoms with E-state index in [1.165, 1.54) is 11.1 Å². The number of carboxylic acids is 3. The van der Waals surface area contributed by atoms with Crippen LogP contribution in [-0.2, 0) is 27.2 Å². The van der Waals surface area contributed by atoms with Crippen molar-refractivity contribution in [1.29, 1.82) is 0 Å². The van der Waals surface area contributed by atoms with Crippen molar-refractivity contribution in [2.75, 3.05) is 6.54 Å². The van der Waals surface area contributed by atoms with Crippen LogP contribution in [0.15, 0.2) is 60.7 Å². The first-order valence-electron chi connectivity index (χ1n) is 9.07. The second kappa shape index (κ2) is 16.7. The third-order valence-corrected chi connectivity index (χ3v) is 3.20. The predicted molar refractivity (Wildman–Crippen MR) is 116 cm³/mol. The van der Waals surface area contributed by atoms with E-state index in [0.29, 0.717) is 6.54 Å². The van der Waals surface area contributed by atoms with Crippen LogP contribution in [-0.4, -0.2) is 45.3 Å². The summed E-state index contributed by atoms with van der Waals surface area (Å²) in [5.41, 5.74) is 14.4. The molecule has 0 aliphatic heterocycles. The zero-order valence-electron chi connectivity index (χ0n) is 17.6. The SMILES string of the molecule is CC(=O)O.CC(=O)O.CC(=O)O.NCC(N)(Cc1ccccc1)Cc1ccccc1. The fourth-order valence-electron chi connectivity index (χ4n) is 2.21. The van der Waals surface area contributed by atoms with Crippen molar-refractivity contribution in [3.63, 3.8) is 0 Å². The number of nitrogens with two attached hydrogens (primary N) is 2. The van der Waals surface area contributed by atoms with Crippen molar-refractivity contribution in [1.82, 2.24) is 0 Å². The quantitative estimate of drug-likeness (QED) is 0.492. The molecule has 30 heavy (non-hydrogen) atoms. The van der Waals surface area contributed by atoms with Crippen molar-refractivity contribution < 1.29 is 29.7 Å². The van der Waals surface area contributed by atoms with Gasteiger partial charge in [-0.1, -0.05) is 60.7 Å². The van der Waals surface area contributed by atoms with Gasteiger partial charge in [0.05, 0.1) is 0 Å². The summed E-state index contributed by atoms with van der Waals surface area (Å²) in [5.74, 6) is -2.50. The third-order valence-electron chi connectivity index (χ3n) is 3.20. The molecule has 7 N–H and O–H groups in total. The van der Waals surface area contributed by atoms with Crippen LogP contribution in [0.5, 0.6) is 0 Å². The van der Waals surface area contributed by atoms with Crippen molar-refractivity contribution in [2.45, 2.75) is 39.2 Å². The summed E-state index contributed by atoms with van der Waals surface area (Å²) in [7, 11) is 0. The molecule has 0 unspecified atom stereocenters. The van der Waals surface area contributed by atoms with Gasteiger partial charge in [-0.3, -0.25) is 14.4 Å². The van der Waals surface area contributed by atoms with Crippen molar-refractivity contribution in [2.24, 2.45) is 11.5 Å². The van der Waals surface area contributed by atoms with E-state index in [1.54, 1.807) is 0 Å². The van der Waals surface area contributed by atoms with Gasteiger partial charge in [0.1, 0.15) is 0 Å². The van der Waals surface area contributed by atoms with Gasteiger partial charge in [-0.25, -0.2) is 0 Å². The number of rotatable bonds is 5. The maximum absolute atomic E-state index is 9.00. The smallest absolute Gasteiger partial charge is 0.300 e. The summed E-state index contributed by atoms with van der Waals surface area (Å²) in [6, 6.07) is 20.6. The lowest BCUT2D eigenvalue weighted by Gasteiger charge is -2.28. The molecule has 0 atom stereocenters. The molecule has 8 nitrogen and oxygen atoms in total. The number of aliphatic carboxylic acids is 3. The lowest BCUT2D eigenvalue weighted by Crippen LogP contribution is -2.50. The van der Waals surface area contributed by atoms with Gasteiger partial charge in [-0.05, 0) is 24.0 Å². The van der Waals surface area contributed by atoms with Gasteiger partial charge >= 0.3 is 0 Å². The Morgan fingerprint density at radius 3 is 1.13 bits per heavy atom. The molecule has 0 bridgehead atoms. The Hall–Kier alpha value is -3.23. The van der Waals surface area contributed by atoms with Crippen LogP contribution in [0.2, 0.25) is 0 Å². The molecule has 0 saturated carbocycles. The molecule has 166 valence electrons. The number of carboxylic acid groups (broad SMARTS) is 3. The highest BCUT2D eigenvalue weighted by atomic mass is 16.4. The van der Waals surface area contributed by atoms with E-state index >= 15 is 0 Å². The Kier molecular flexibility index (Phi) is 16.1. The fraction of sp³-hybridized carbons (Fsp3) is 0.318. The second-order valence-corrected chi connectivity index (χ2v) is 6.45. The highest BCUT2D eigenvalue weighted by Crippen LogP contribution is 2.16. The van der Waals surface area contributed by atoms with E-state index < -0.39 is 17.9 Å². The number of hydrogen-bond acceptors (Lipinski definition) is 5. The molecule has 0 spiro atoms. The summed E-state index contributed by atoms with van der Waals surface area (Å²) < 4.78 is 0. The van der Waals surface area contributed by atoms with Crippen LogP contribution >= 0.6 is 0 Å². The Labute approximate surface area is 177 Å². The molecule has 0 saturated heterocycles. The number of hydrogen-bond donors (Lipinski definition) is 5. The van der Waals surface area contributed by atoms with Gasteiger partial charge in [-0.2, -0.15) is 0 Å². The Balaban J connectivity index is 0. The highest BCUT2D eigenvalue weighted by Gasteiger charge is 2.23. The lowest BCUT2D eigenvalue weighted by atomic mass is 9.86. The summed E-state index contributed by atoms with van der Waals surface area (Å²) in [6.45, 7) is 3.73. The van der Waals surface area contributed by atoms with E-state index in [-0.39, 0.29) is 5.54 Å². The topological polar surface area (TPSA) is 164 Å². The minimum absolute atomic E-state index is 0.372. The number of carbonyl (C=O) groups is 3. The van der Waals surface area contributed by atoms with E-state index in [0.717, 1.165) is 33.6 Å². The average Bonchev–Trinajstić information content (AvgIpc) is 2.62. The molecule has 0 aliphatic carbocycles. The van der Waals surface area contributed by atoms with Crippen LogP contribution in [0.25, 0.3) is 0 Å². The molecule has 0 fully saturated rings. The van der Waals surface area contributed by atoms with Crippen LogP contribution in [0, 0.1) is 0 Å². The highest BCUT2D eigenvalue weighted by molar-refractivity contribution is 5.63. The molecule has 2 rings (SSSR count). The van der Waals surface area contributed by atoms with Gasteiger partial charge in [-0.15, -0.1) is 0 Å². The van der Waals surface area contributed by atoms with Gasteiger partial charge in [0.25, 0.3) is 17.9 Å². The first kappa shape index (κ1) is 29.0. The van der Waals surface area contributed by atoms with Crippen LogP contribution in [0.3, 0.4) is 0 Å². The zero-order valence-corrected chi connectivity index (χ0v) is 17.6. The van der Waals surface area contributed by atoms with Crippen LogP contribution < -0.4 is 11.5 Å². The molecule has 0 heterocycles.